The molecule has 0 aliphatic carbocycles. The normalized spacial score (nSPS) is 6.00. The van der Waals surface area contributed by atoms with Gasteiger partial charge in [0.05, 0.1) is 0 Å². The quantitative estimate of drug-likeness (QED) is 0.292. The molecule has 228 valence electrons. The Morgan fingerprint density at radius 3 is 0.316 bits per heavy atom. The third kappa shape index (κ3) is 129. The zero-order valence-electron chi connectivity index (χ0n) is 28.5. The molecule has 0 N–H and O–H groups in total. The van der Waals surface area contributed by atoms with Crippen molar-refractivity contribution in [2.24, 2.45) is 0 Å². The lowest BCUT2D eigenvalue weighted by molar-refractivity contribution is 0.886. The van der Waals surface area contributed by atoms with Crippen molar-refractivity contribution in [1.29, 1.82) is 0 Å². The van der Waals surface area contributed by atoms with E-state index >= 15 is 0 Å². The summed E-state index contributed by atoms with van der Waals surface area (Å²) in [6.45, 7) is 32.6. The molecule has 0 spiro atoms. The van der Waals surface area contributed by atoms with Gasteiger partial charge in [-0.3, -0.25) is 0 Å². The highest BCUT2D eigenvalue weighted by molar-refractivity contribution is 5.00. The van der Waals surface area contributed by atoms with Crippen LogP contribution in [-0.4, -0.2) is 0 Å². The van der Waals surface area contributed by atoms with Gasteiger partial charge in [0.15, 0.2) is 0 Å². The molecule has 3 aromatic carbocycles. The smallest absolute Gasteiger partial charge is 0.0564 e. The van der Waals surface area contributed by atoms with Gasteiger partial charge in [0, 0.05) is 0 Å². The van der Waals surface area contributed by atoms with Gasteiger partial charge in [-0.15, -0.1) is 0 Å². The molecular formula is C38H76. The zero-order chi connectivity index (χ0) is 30.8. The zero-order valence-corrected chi connectivity index (χ0v) is 28.5. The van der Waals surface area contributed by atoms with Gasteiger partial charge < -0.3 is 0 Å². The van der Waals surface area contributed by atoms with Crippen molar-refractivity contribution in [3.05, 3.63) is 109 Å². The summed E-state index contributed by atoms with van der Waals surface area (Å²) in [5.74, 6) is 0. The van der Waals surface area contributed by atoms with E-state index in [1.54, 1.807) is 0 Å². The van der Waals surface area contributed by atoms with Crippen LogP contribution in [0, 0.1) is 0 Å². The maximum absolute atomic E-state index is 2.18. The molecule has 0 fully saturated rings. The van der Waals surface area contributed by atoms with E-state index in [0.29, 0.717) is 0 Å². The molecule has 0 heteroatoms. The van der Waals surface area contributed by atoms with Crippen LogP contribution in [0.15, 0.2) is 109 Å². The van der Waals surface area contributed by atoms with Crippen molar-refractivity contribution in [3.8, 4) is 0 Å². The first kappa shape index (κ1) is 60.3. The molecule has 38 heavy (non-hydrogen) atoms. The van der Waals surface area contributed by atoms with Crippen molar-refractivity contribution >= 4 is 0 Å². The topological polar surface area (TPSA) is 0 Å². The minimum absolute atomic E-state index is 0. The van der Waals surface area contributed by atoms with Gasteiger partial charge in [0.1, 0.15) is 0 Å². The maximum Gasteiger partial charge on any atom is -0.0564 e. The molecule has 0 atom stereocenters. The summed E-state index contributed by atoms with van der Waals surface area (Å²) in [5, 5.41) is 0. The minimum Gasteiger partial charge on any atom is -0.0776 e. The van der Waals surface area contributed by atoms with Crippen molar-refractivity contribution in [2.75, 3.05) is 0 Å². The largest absolute Gasteiger partial charge is 0.0776 e. The van der Waals surface area contributed by atoms with Gasteiger partial charge in [0.25, 0.3) is 0 Å². The highest BCUT2D eigenvalue weighted by Gasteiger charge is 1.59. The van der Waals surface area contributed by atoms with Crippen molar-refractivity contribution in [1.82, 2.24) is 0 Å². The fraction of sp³-hybridized carbons (Fsp3) is 0.526. The van der Waals surface area contributed by atoms with Gasteiger partial charge >= 0.3 is 0 Å². The molecule has 0 radical (unpaired) electrons. The average molecular weight is 533 g/mol. The highest BCUT2D eigenvalue weighted by Crippen LogP contribution is 1.81. The van der Waals surface area contributed by atoms with Crippen molar-refractivity contribution in [2.45, 2.75) is 137 Å². The van der Waals surface area contributed by atoms with E-state index in [0.717, 1.165) is 0 Å². The Bertz CT molecular complexity index is 331. The second kappa shape index (κ2) is 113. The van der Waals surface area contributed by atoms with Crippen LogP contribution < -0.4 is 0 Å². The summed E-state index contributed by atoms with van der Waals surface area (Å²) in [5.41, 5.74) is 0. The molecule has 0 aliphatic rings. The van der Waals surface area contributed by atoms with Gasteiger partial charge in [-0.25, -0.2) is 0 Å². The van der Waals surface area contributed by atoms with E-state index in [-0.39, 0.29) is 7.43 Å². The van der Waals surface area contributed by atoms with Crippen molar-refractivity contribution in [3.63, 3.8) is 0 Å². The molecular weight excluding hydrogens is 456 g/mol. The third-order valence-electron chi connectivity index (χ3n) is 2.50. The van der Waals surface area contributed by atoms with Crippen LogP contribution >= 0.6 is 0 Å². The molecule has 0 aromatic heterocycles. The Kier molecular flexibility index (Phi) is 179. The Labute approximate surface area is 246 Å². The van der Waals surface area contributed by atoms with Crippen molar-refractivity contribution < 1.29 is 0 Å². The van der Waals surface area contributed by atoms with E-state index in [2.05, 4.69) is 27.7 Å². The monoisotopic (exact) mass is 533 g/mol. The van der Waals surface area contributed by atoms with E-state index < -0.39 is 0 Å². The predicted octanol–water partition coefficient (Wildman–Crippen LogP) is 15.1. The SMILES string of the molecule is C.CC.CC.CC.CC.CC.CC.CCC.CCCC.c1ccccc1.c1ccccc1.c1ccccc1. The maximum atomic E-state index is 2.18. The summed E-state index contributed by atoms with van der Waals surface area (Å²) in [6.07, 6.45) is 3.89. The van der Waals surface area contributed by atoms with Gasteiger partial charge in [-0.1, -0.05) is 247 Å². The number of benzene rings is 3. The van der Waals surface area contributed by atoms with E-state index in [9.17, 15) is 0 Å². The van der Waals surface area contributed by atoms with Crippen LogP contribution in [0.25, 0.3) is 0 Å². The van der Waals surface area contributed by atoms with Crippen LogP contribution in [0.3, 0.4) is 0 Å². The standard InChI is InChI=1S/3C6H6.C4H10.C3H8.6C2H6.CH4/c3*1-2-4-6-5-3-1;1-3-4-2;1-3-2;6*1-2;/h3*1-6H;3-4H2,1-2H3;3H2,1-2H3;6*1-2H3;1H4. The Morgan fingerprint density at radius 2 is 0.289 bits per heavy atom. The third-order valence-corrected chi connectivity index (χ3v) is 2.50. The van der Waals surface area contributed by atoms with Gasteiger partial charge in [-0.05, 0) is 0 Å². The van der Waals surface area contributed by atoms with Gasteiger partial charge in [0.2, 0.25) is 0 Å². The predicted molar refractivity (Wildman–Crippen MR) is 191 cm³/mol. The molecule has 0 nitrogen and oxygen atoms in total. The number of hydrogen-bond acceptors (Lipinski definition) is 0. The molecule has 3 aromatic rings. The summed E-state index contributed by atoms with van der Waals surface area (Å²) in [6, 6.07) is 36.0. The number of unbranched alkanes of at least 4 members (excludes halogenated alkanes) is 1. The fourth-order valence-corrected chi connectivity index (χ4v) is 1.15. The molecule has 0 heterocycles. The molecule has 0 saturated heterocycles. The van der Waals surface area contributed by atoms with E-state index in [4.69, 9.17) is 0 Å². The molecule has 0 bridgehead atoms. The summed E-state index contributed by atoms with van der Waals surface area (Å²) >= 11 is 0. The number of hydrogen-bond donors (Lipinski definition) is 0. The second-order valence-corrected chi connectivity index (χ2v) is 5.17. The Balaban J connectivity index is -0.0000000362. The first-order valence-corrected chi connectivity index (χ1v) is 15.3. The van der Waals surface area contributed by atoms with Crippen LogP contribution in [-0.2, 0) is 0 Å². The van der Waals surface area contributed by atoms with Crippen LogP contribution in [0.2, 0.25) is 0 Å². The summed E-state index contributed by atoms with van der Waals surface area (Å²) in [4.78, 5) is 0. The molecule has 0 aliphatic heterocycles. The summed E-state index contributed by atoms with van der Waals surface area (Å²) < 4.78 is 0. The second-order valence-electron chi connectivity index (χ2n) is 5.17. The first-order valence-electron chi connectivity index (χ1n) is 15.3. The molecule has 0 saturated carbocycles. The van der Waals surface area contributed by atoms with Crippen LogP contribution in [0.4, 0.5) is 0 Å². The van der Waals surface area contributed by atoms with E-state index in [1.807, 2.05) is 192 Å². The molecule has 3 rings (SSSR count). The molecule has 0 amide bonds. The first-order chi connectivity index (χ1) is 18.3. The van der Waals surface area contributed by atoms with Gasteiger partial charge in [-0.2, -0.15) is 0 Å². The molecule has 0 unspecified atom stereocenters. The Morgan fingerprint density at radius 1 is 0.237 bits per heavy atom. The average Bonchev–Trinajstić information content (AvgIpc) is 3.06. The fourth-order valence-electron chi connectivity index (χ4n) is 1.15. The lowest BCUT2D eigenvalue weighted by Crippen LogP contribution is -1.47. The van der Waals surface area contributed by atoms with E-state index in [1.165, 1.54) is 19.3 Å². The minimum atomic E-state index is 0. The lowest BCUT2D eigenvalue weighted by atomic mass is 10.4. The Hall–Kier alpha value is -2.34. The van der Waals surface area contributed by atoms with Crippen LogP contribution in [0.5, 0.6) is 0 Å². The lowest BCUT2D eigenvalue weighted by Gasteiger charge is -1.69. The van der Waals surface area contributed by atoms with Crippen LogP contribution in [0.1, 0.15) is 137 Å². The summed E-state index contributed by atoms with van der Waals surface area (Å²) in [7, 11) is 0. The highest BCUT2D eigenvalue weighted by atomic mass is 13.7. The number of rotatable bonds is 1.